The lowest BCUT2D eigenvalue weighted by atomic mass is 10.1. The first-order valence-electron chi connectivity index (χ1n) is 4.52. The molecule has 1 aliphatic heterocycles. The number of rotatable bonds is 2. The summed E-state index contributed by atoms with van der Waals surface area (Å²) in [7, 11) is 6.57. The zero-order valence-electron chi connectivity index (χ0n) is 9.01. The number of hydrogen-bond acceptors (Lipinski definition) is 1. The summed E-state index contributed by atoms with van der Waals surface area (Å²) in [5.74, 6) is 0. The van der Waals surface area contributed by atoms with Crippen LogP contribution in [0.25, 0.3) is 0 Å². The minimum atomic E-state index is 0. The van der Waals surface area contributed by atoms with Crippen LogP contribution in [0.2, 0.25) is 0 Å². The number of hydrogen-bond donors (Lipinski definition) is 0. The molecular formula is C10H20INO. The van der Waals surface area contributed by atoms with Gasteiger partial charge < -0.3 is 33.2 Å². The Labute approximate surface area is 98.6 Å². The Bertz CT molecular complexity index is 186. The molecule has 1 heterocycles. The van der Waals surface area contributed by atoms with E-state index in [1.54, 1.807) is 0 Å². The van der Waals surface area contributed by atoms with E-state index in [0.717, 1.165) is 17.4 Å². The van der Waals surface area contributed by atoms with Gasteiger partial charge in [-0.15, -0.1) is 0 Å². The van der Waals surface area contributed by atoms with Crippen molar-refractivity contribution in [2.24, 2.45) is 0 Å². The normalized spacial score (nSPS) is 28.8. The van der Waals surface area contributed by atoms with E-state index in [1.165, 1.54) is 5.57 Å². The van der Waals surface area contributed by atoms with Gasteiger partial charge in [0, 0.05) is 6.42 Å². The van der Waals surface area contributed by atoms with Crippen molar-refractivity contribution in [3.8, 4) is 0 Å². The highest BCUT2D eigenvalue weighted by atomic mass is 127. The van der Waals surface area contributed by atoms with Crippen LogP contribution in [0.4, 0.5) is 0 Å². The van der Waals surface area contributed by atoms with E-state index < -0.39 is 0 Å². The van der Waals surface area contributed by atoms with Gasteiger partial charge in [-0.1, -0.05) is 6.58 Å². The molecule has 0 radical (unpaired) electrons. The van der Waals surface area contributed by atoms with Gasteiger partial charge in [0.2, 0.25) is 0 Å². The second-order valence-corrected chi connectivity index (χ2v) is 4.74. The van der Waals surface area contributed by atoms with E-state index in [0.29, 0.717) is 6.10 Å². The third kappa shape index (κ3) is 4.42. The van der Waals surface area contributed by atoms with Gasteiger partial charge in [0.15, 0.2) is 0 Å². The van der Waals surface area contributed by atoms with Crippen molar-refractivity contribution < 1.29 is 33.2 Å². The molecule has 0 bridgehead atoms. The number of halogens is 1. The third-order valence-corrected chi connectivity index (χ3v) is 2.21. The summed E-state index contributed by atoms with van der Waals surface area (Å²) in [5.41, 5.74) is 1.24. The van der Waals surface area contributed by atoms with Crippen molar-refractivity contribution in [1.29, 1.82) is 0 Å². The van der Waals surface area contributed by atoms with Crippen LogP contribution in [-0.2, 0) is 4.74 Å². The standard InChI is InChI=1S/C10H20NO.HI/c1-8-6-10(12-9(8)2)7-11(3,4)5;/h9-10H,1,6-7H2,2-5H3;1H/q+1;/p-1/t9-,10-;/m0./s1. The predicted octanol–water partition coefficient (Wildman–Crippen LogP) is -1.57. The highest BCUT2D eigenvalue weighted by Gasteiger charge is 2.29. The molecule has 13 heavy (non-hydrogen) atoms. The van der Waals surface area contributed by atoms with Crippen LogP contribution >= 0.6 is 0 Å². The van der Waals surface area contributed by atoms with Crippen LogP contribution in [0.15, 0.2) is 12.2 Å². The molecule has 3 heteroatoms. The van der Waals surface area contributed by atoms with Crippen LogP contribution in [0.3, 0.4) is 0 Å². The molecule has 1 aliphatic rings. The summed E-state index contributed by atoms with van der Waals surface area (Å²) in [6.45, 7) is 7.14. The van der Waals surface area contributed by atoms with Gasteiger partial charge in [0.1, 0.15) is 12.6 Å². The molecule has 2 nitrogen and oxygen atoms in total. The molecule has 1 rings (SSSR count). The van der Waals surface area contributed by atoms with Crippen LogP contribution in [0.1, 0.15) is 13.3 Å². The molecule has 0 saturated carbocycles. The lowest BCUT2D eigenvalue weighted by Crippen LogP contribution is -3.00. The monoisotopic (exact) mass is 297 g/mol. The Morgan fingerprint density at radius 3 is 2.31 bits per heavy atom. The lowest BCUT2D eigenvalue weighted by Gasteiger charge is -2.26. The van der Waals surface area contributed by atoms with Gasteiger partial charge in [-0.25, -0.2) is 0 Å². The van der Waals surface area contributed by atoms with E-state index in [9.17, 15) is 0 Å². The van der Waals surface area contributed by atoms with Crippen molar-refractivity contribution in [2.75, 3.05) is 27.7 Å². The molecule has 1 saturated heterocycles. The fraction of sp³-hybridized carbons (Fsp3) is 0.800. The Balaban J connectivity index is 0.00000144. The third-order valence-electron chi connectivity index (χ3n) is 2.21. The summed E-state index contributed by atoms with van der Waals surface area (Å²) in [6, 6.07) is 0. The molecule has 0 unspecified atom stereocenters. The minimum Gasteiger partial charge on any atom is -1.00 e. The quantitative estimate of drug-likeness (QED) is 0.340. The average molecular weight is 297 g/mol. The summed E-state index contributed by atoms with van der Waals surface area (Å²) in [6.07, 6.45) is 1.69. The van der Waals surface area contributed by atoms with E-state index in [1.807, 2.05) is 0 Å². The first kappa shape index (κ1) is 13.4. The second-order valence-electron chi connectivity index (χ2n) is 4.74. The molecule has 0 aliphatic carbocycles. The van der Waals surface area contributed by atoms with E-state index in [4.69, 9.17) is 4.74 Å². The van der Waals surface area contributed by atoms with Crippen LogP contribution < -0.4 is 24.0 Å². The molecule has 0 spiro atoms. The van der Waals surface area contributed by atoms with Gasteiger partial charge in [-0.3, -0.25) is 0 Å². The smallest absolute Gasteiger partial charge is 0.111 e. The van der Waals surface area contributed by atoms with Gasteiger partial charge >= 0.3 is 0 Å². The number of nitrogens with zero attached hydrogens (tertiary/aromatic N) is 1. The Kier molecular flexibility index (Phi) is 4.90. The number of ether oxygens (including phenoxy) is 1. The largest absolute Gasteiger partial charge is 1.00 e. The second kappa shape index (κ2) is 4.75. The van der Waals surface area contributed by atoms with Crippen molar-refractivity contribution in [3.05, 3.63) is 12.2 Å². The molecule has 0 aromatic heterocycles. The zero-order chi connectivity index (χ0) is 9.35. The van der Waals surface area contributed by atoms with Crippen molar-refractivity contribution >= 4 is 0 Å². The predicted molar refractivity (Wildman–Crippen MR) is 51.0 cm³/mol. The summed E-state index contributed by atoms with van der Waals surface area (Å²) in [4.78, 5) is 0. The molecular weight excluding hydrogens is 277 g/mol. The minimum absolute atomic E-state index is 0. The first-order valence-corrected chi connectivity index (χ1v) is 4.52. The fourth-order valence-electron chi connectivity index (χ4n) is 1.61. The summed E-state index contributed by atoms with van der Waals surface area (Å²) >= 11 is 0. The number of likely N-dealkylation sites (N-methyl/N-ethyl adjacent to an activating group) is 1. The SMILES string of the molecule is C=C1C[C@@H](C[N+](C)(C)C)O[C@H]1C.[I-]. The summed E-state index contributed by atoms with van der Waals surface area (Å²) < 4.78 is 6.70. The van der Waals surface area contributed by atoms with E-state index >= 15 is 0 Å². The Morgan fingerprint density at radius 1 is 1.46 bits per heavy atom. The molecule has 0 aromatic carbocycles. The maximum absolute atomic E-state index is 5.73. The lowest BCUT2D eigenvalue weighted by molar-refractivity contribution is -0.873. The maximum Gasteiger partial charge on any atom is 0.111 e. The molecule has 0 N–H and O–H groups in total. The van der Waals surface area contributed by atoms with Gasteiger partial charge in [-0.05, 0) is 12.5 Å². The van der Waals surface area contributed by atoms with E-state index in [-0.39, 0.29) is 30.1 Å². The first-order chi connectivity index (χ1) is 5.38. The highest BCUT2D eigenvalue weighted by molar-refractivity contribution is 5.07. The van der Waals surface area contributed by atoms with Crippen LogP contribution in [0.5, 0.6) is 0 Å². The van der Waals surface area contributed by atoms with Crippen molar-refractivity contribution in [2.45, 2.75) is 25.6 Å². The maximum atomic E-state index is 5.73. The van der Waals surface area contributed by atoms with Crippen molar-refractivity contribution in [1.82, 2.24) is 0 Å². The average Bonchev–Trinajstić information content (AvgIpc) is 2.07. The van der Waals surface area contributed by atoms with Gasteiger partial charge in [-0.2, -0.15) is 0 Å². The Morgan fingerprint density at radius 2 is 2.00 bits per heavy atom. The zero-order valence-corrected chi connectivity index (χ0v) is 11.2. The highest BCUT2D eigenvalue weighted by Crippen LogP contribution is 2.24. The fourth-order valence-corrected chi connectivity index (χ4v) is 1.61. The Hall–Kier alpha value is 0.390. The van der Waals surface area contributed by atoms with Crippen LogP contribution in [0, 0.1) is 0 Å². The van der Waals surface area contributed by atoms with Gasteiger partial charge in [0.25, 0.3) is 0 Å². The summed E-state index contributed by atoms with van der Waals surface area (Å²) in [5, 5.41) is 0. The molecule has 0 amide bonds. The van der Waals surface area contributed by atoms with Crippen LogP contribution in [-0.4, -0.2) is 44.4 Å². The topological polar surface area (TPSA) is 9.23 Å². The number of quaternary nitrogens is 1. The molecule has 78 valence electrons. The van der Waals surface area contributed by atoms with Crippen molar-refractivity contribution in [3.63, 3.8) is 0 Å². The molecule has 1 fully saturated rings. The molecule has 2 atom stereocenters. The molecule has 0 aromatic rings. The van der Waals surface area contributed by atoms with E-state index in [2.05, 4.69) is 34.6 Å². The van der Waals surface area contributed by atoms with Gasteiger partial charge in [0.05, 0.1) is 27.2 Å².